The zero-order valence-electron chi connectivity index (χ0n) is 12.9. The van der Waals surface area contributed by atoms with Crippen molar-refractivity contribution in [1.82, 2.24) is 5.32 Å². The number of piperidine rings is 1. The predicted molar refractivity (Wildman–Crippen MR) is 83.7 cm³/mol. The highest BCUT2D eigenvalue weighted by Gasteiger charge is 2.62. The van der Waals surface area contributed by atoms with Gasteiger partial charge in [0.1, 0.15) is 5.75 Å². The van der Waals surface area contributed by atoms with E-state index in [2.05, 4.69) is 23.5 Å². The Morgan fingerprint density at radius 1 is 1.19 bits per heavy atom. The van der Waals surface area contributed by atoms with Gasteiger partial charge in [0.2, 0.25) is 0 Å². The van der Waals surface area contributed by atoms with Gasteiger partial charge in [-0.2, -0.15) is 0 Å². The van der Waals surface area contributed by atoms with E-state index in [4.69, 9.17) is 4.74 Å². The van der Waals surface area contributed by atoms with Crippen LogP contribution in [0.2, 0.25) is 0 Å². The lowest BCUT2D eigenvalue weighted by atomic mass is 9.50. The van der Waals surface area contributed by atoms with Crippen LogP contribution in [0.5, 0.6) is 5.75 Å². The molecule has 2 bridgehead atoms. The van der Waals surface area contributed by atoms with E-state index >= 15 is 0 Å². The fourth-order valence-corrected chi connectivity index (χ4v) is 6.61. The topological polar surface area (TPSA) is 21.3 Å². The minimum Gasteiger partial charge on any atom is -0.497 e. The molecule has 0 amide bonds. The van der Waals surface area contributed by atoms with Crippen molar-refractivity contribution in [3.8, 4) is 5.75 Å². The van der Waals surface area contributed by atoms with E-state index in [1.54, 1.807) is 18.2 Å². The van der Waals surface area contributed by atoms with Crippen LogP contribution in [0.15, 0.2) is 18.2 Å². The maximum Gasteiger partial charge on any atom is 0.119 e. The molecule has 3 fully saturated rings. The summed E-state index contributed by atoms with van der Waals surface area (Å²) < 4.78 is 5.52. The summed E-state index contributed by atoms with van der Waals surface area (Å²) in [4.78, 5) is 0. The molecule has 4 aliphatic rings. The van der Waals surface area contributed by atoms with E-state index in [-0.39, 0.29) is 0 Å². The van der Waals surface area contributed by atoms with Gasteiger partial charge in [-0.15, -0.1) is 0 Å². The van der Waals surface area contributed by atoms with Crippen LogP contribution in [0, 0.1) is 17.3 Å². The molecular weight excluding hydrogens is 258 g/mol. The fraction of sp³-hybridized carbons (Fsp3) is 0.684. The van der Waals surface area contributed by atoms with Crippen LogP contribution in [-0.4, -0.2) is 19.7 Å². The Kier molecular flexibility index (Phi) is 2.54. The summed E-state index contributed by atoms with van der Waals surface area (Å²) >= 11 is 0. The lowest BCUT2D eigenvalue weighted by molar-refractivity contribution is -0.00440. The Morgan fingerprint density at radius 3 is 3.05 bits per heavy atom. The second-order valence-corrected chi connectivity index (χ2v) is 7.71. The summed E-state index contributed by atoms with van der Waals surface area (Å²) in [6.45, 7) is 1.24. The van der Waals surface area contributed by atoms with Crippen molar-refractivity contribution in [2.75, 3.05) is 13.7 Å². The molecule has 5 atom stereocenters. The molecule has 1 N–H and O–H groups in total. The van der Waals surface area contributed by atoms with Crippen LogP contribution in [0.1, 0.15) is 49.1 Å². The first-order valence-corrected chi connectivity index (χ1v) is 8.73. The average Bonchev–Trinajstić information content (AvgIpc) is 2.78. The van der Waals surface area contributed by atoms with Crippen LogP contribution in [0.25, 0.3) is 0 Å². The standard InChI is InChI=1S/C19H25NO/c1-21-14-4-2-13-10-18-19-8-6-12(16(19)7-9-20-18)3-5-17(19)15(13)11-14/h2,4,11-12,16-18,20H,3,5-10H2,1H3. The molecule has 5 unspecified atom stereocenters. The van der Waals surface area contributed by atoms with Crippen molar-refractivity contribution in [1.29, 1.82) is 0 Å². The minimum absolute atomic E-state index is 0.570. The first-order valence-electron chi connectivity index (χ1n) is 8.73. The normalized spacial score (nSPS) is 43.1. The predicted octanol–water partition coefficient (Wildman–Crippen LogP) is 3.50. The van der Waals surface area contributed by atoms with Gasteiger partial charge in [0.05, 0.1) is 7.11 Å². The highest BCUT2D eigenvalue weighted by atomic mass is 16.5. The number of methoxy groups -OCH3 is 1. The van der Waals surface area contributed by atoms with Gasteiger partial charge >= 0.3 is 0 Å². The van der Waals surface area contributed by atoms with Gasteiger partial charge in [0.15, 0.2) is 0 Å². The monoisotopic (exact) mass is 283 g/mol. The fourth-order valence-electron chi connectivity index (χ4n) is 6.61. The summed E-state index contributed by atoms with van der Waals surface area (Å²) in [5.74, 6) is 3.83. The molecule has 1 saturated heterocycles. The van der Waals surface area contributed by atoms with Crippen LogP contribution in [0.4, 0.5) is 0 Å². The smallest absolute Gasteiger partial charge is 0.119 e. The first-order chi connectivity index (χ1) is 10.3. The molecule has 1 heterocycles. The van der Waals surface area contributed by atoms with Crippen LogP contribution in [0.3, 0.4) is 0 Å². The Hall–Kier alpha value is -1.02. The van der Waals surface area contributed by atoms with Crippen LogP contribution >= 0.6 is 0 Å². The van der Waals surface area contributed by atoms with E-state index in [1.165, 1.54) is 45.1 Å². The molecule has 1 spiro atoms. The van der Waals surface area contributed by atoms with Crippen molar-refractivity contribution in [3.63, 3.8) is 0 Å². The van der Waals surface area contributed by atoms with Crippen LogP contribution < -0.4 is 10.1 Å². The molecule has 2 saturated carbocycles. The Bertz CT molecular complexity index is 583. The number of ether oxygens (including phenoxy) is 1. The summed E-state index contributed by atoms with van der Waals surface area (Å²) in [6, 6.07) is 7.56. The van der Waals surface area contributed by atoms with Crippen LogP contribution in [-0.2, 0) is 6.42 Å². The van der Waals surface area contributed by atoms with Gasteiger partial charge in [0, 0.05) is 6.04 Å². The molecular formula is C19H25NO. The third kappa shape index (κ3) is 1.47. The van der Waals surface area contributed by atoms with E-state index in [0.29, 0.717) is 5.41 Å². The van der Waals surface area contributed by atoms with Crippen molar-refractivity contribution < 1.29 is 4.74 Å². The highest BCUT2D eigenvalue weighted by molar-refractivity contribution is 5.44. The number of hydrogen-bond donors (Lipinski definition) is 1. The summed E-state index contributed by atoms with van der Waals surface area (Å²) in [5.41, 5.74) is 3.77. The van der Waals surface area contributed by atoms with Gasteiger partial charge in [-0.25, -0.2) is 0 Å². The summed E-state index contributed by atoms with van der Waals surface area (Å²) in [5, 5.41) is 3.91. The lowest BCUT2D eigenvalue weighted by Gasteiger charge is -2.58. The Labute approximate surface area is 127 Å². The van der Waals surface area contributed by atoms with E-state index < -0.39 is 0 Å². The molecule has 2 nitrogen and oxygen atoms in total. The van der Waals surface area contributed by atoms with Gasteiger partial charge in [-0.05, 0) is 91.5 Å². The van der Waals surface area contributed by atoms with Crippen molar-refractivity contribution in [2.24, 2.45) is 17.3 Å². The molecule has 1 aromatic carbocycles. The second-order valence-electron chi connectivity index (χ2n) is 7.71. The molecule has 2 heteroatoms. The highest BCUT2D eigenvalue weighted by Crippen LogP contribution is 2.67. The van der Waals surface area contributed by atoms with Gasteiger partial charge < -0.3 is 10.1 Å². The Morgan fingerprint density at radius 2 is 2.14 bits per heavy atom. The van der Waals surface area contributed by atoms with E-state index in [1.807, 2.05) is 0 Å². The Balaban J connectivity index is 1.68. The first kappa shape index (κ1) is 12.5. The van der Waals surface area contributed by atoms with Crippen molar-refractivity contribution >= 4 is 0 Å². The van der Waals surface area contributed by atoms with Gasteiger partial charge in [-0.1, -0.05) is 6.07 Å². The lowest BCUT2D eigenvalue weighted by Crippen LogP contribution is -2.60. The largest absolute Gasteiger partial charge is 0.497 e. The summed E-state index contributed by atoms with van der Waals surface area (Å²) in [6.07, 6.45) is 8.45. The quantitative estimate of drug-likeness (QED) is 0.851. The molecule has 1 aromatic rings. The molecule has 0 aromatic heterocycles. The molecule has 21 heavy (non-hydrogen) atoms. The maximum atomic E-state index is 5.52. The SMILES string of the molecule is COc1ccc2c(c1)C1CCC3CCC14C(C2)NCCC34. The molecule has 5 rings (SSSR count). The summed E-state index contributed by atoms with van der Waals surface area (Å²) in [7, 11) is 1.79. The number of nitrogens with one attached hydrogen (secondary N) is 1. The number of rotatable bonds is 1. The number of fused-ring (bicyclic) bond motifs is 2. The van der Waals surface area contributed by atoms with Gasteiger partial charge in [-0.3, -0.25) is 0 Å². The van der Waals surface area contributed by atoms with E-state index in [9.17, 15) is 0 Å². The maximum absolute atomic E-state index is 5.52. The van der Waals surface area contributed by atoms with Crippen molar-refractivity contribution in [3.05, 3.63) is 29.3 Å². The zero-order chi connectivity index (χ0) is 14.0. The molecule has 1 aliphatic heterocycles. The van der Waals surface area contributed by atoms with Crippen molar-refractivity contribution in [2.45, 2.75) is 50.5 Å². The minimum atomic E-state index is 0.570. The zero-order valence-corrected chi connectivity index (χ0v) is 12.9. The molecule has 0 radical (unpaired) electrons. The number of benzene rings is 1. The second kappa shape index (κ2) is 4.25. The third-order valence-electron chi connectivity index (χ3n) is 7.33. The third-order valence-corrected chi connectivity index (χ3v) is 7.33. The average molecular weight is 283 g/mol. The van der Waals surface area contributed by atoms with E-state index in [0.717, 1.165) is 29.5 Å². The molecule has 112 valence electrons. The number of hydrogen-bond acceptors (Lipinski definition) is 2. The van der Waals surface area contributed by atoms with Gasteiger partial charge in [0.25, 0.3) is 0 Å². The molecule has 3 aliphatic carbocycles.